The smallest absolute Gasteiger partial charge is 0.0810 e. The van der Waals surface area contributed by atoms with Crippen molar-refractivity contribution in [1.29, 1.82) is 0 Å². The molecule has 1 nitrogen and oxygen atoms in total. The third kappa shape index (κ3) is 11.5. The van der Waals surface area contributed by atoms with Crippen LogP contribution in [0, 0.1) is 5.92 Å². The highest BCUT2D eigenvalue weighted by atomic mass is 15.3. The number of unbranched alkanes of at least 4 members (excludes halogenated alkanes) is 6. The van der Waals surface area contributed by atoms with Crippen LogP contribution >= 0.6 is 0 Å². The Bertz CT molecular complexity index is 186. The summed E-state index contributed by atoms with van der Waals surface area (Å²) in [6, 6.07) is 0. The fourth-order valence-electron chi connectivity index (χ4n) is 3.03. The molecule has 0 amide bonds. The van der Waals surface area contributed by atoms with Gasteiger partial charge in [0.1, 0.15) is 0 Å². The van der Waals surface area contributed by atoms with Crippen LogP contribution in [0.4, 0.5) is 0 Å². The van der Waals surface area contributed by atoms with Crippen LogP contribution in [0.5, 0.6) is 0 Å². The highest BCUT2D eigenvalue weighted by molar-refractivity contribution is 4.56. The second-order valence-electron chi connectivity index (χ2n) is 7.03. The van der Waals surface area contributed by atoms with E-state index in [1.54, 1.807) is 0 Å². The van der Waals surface area contributed by atoms with Crippen molar-refractivity contribution in [3.8, 4) is 0 Å². The zero-order valence-electron chi connectivity index (χ0n) is 14.5. The van der Waals surface area contributed by atoms with Crippen LogP contribution in [0.2, 0.25) is 0 Å². The second kappa shape index (κ2) is 11.8. The van der Waals surface area contributed by atoms with E-state index in [0.29, 0.717) is 0 Å². The molecule has 1 atom stereocenters. The summed E-state index contributed by atoms with van der Waals surface area (Å²) in [6.45, 7) is 9.72. The molecule has 0 saturated carbocycles. The largest absolute Gasteiger partial charge is 0.328 e. The van der Waals surface area contributed by atoms with Gasteiger partial charge >= 0.3 is 0 Å². The Labute approximate surface area is 123 Å². The lowest BCUT2D eigenvalue weighted by molar-refractivity contribution is -0.894. The van der Waals surface area contributed by atoms with Gasteiger partial charge in [-0.05, 0) is 25.7 Å². The highest BCUT2D eigenvalue weighted by Gasteiger charge is 2.20. The van der Waals surface area contributed by atoms with E-state index in [-0.39, 0.29) is 0 Å². The Kier molecular flexibility index (Phi) is 11.7. The second-order valence-corrected chi connectivity index (χ2v) is 7.03. The number of hydrogen-bond acceptors (Lipinski definition) is 0. The molecule has 1 heteroatoms. The molecular weight excluding hydrogens is 230 g/mol. The molecule has 0 fully saturated rings. The molecule has 0 heterocycles. The number of hydrogen-bond donors (Lipinski definition) is 0. The van der Waals surface area contributed by atoms with Gasteiger partial charge in [0.2, 0.25) is 0 Å². The minimum Gasteiger partial charge on any atom is -0.328 e. The maximum Gasteiger partial charge on any atom is 0.0810 e. The first-order valence-corrected chi connectivity index (χ1v) is 8.87. The van der Waals surface area contributed by atoms with E-state index < -0.39 is 0 Å². The molecule has 0 spiro atoms. The first-order chi connectivity index (χ1) is 9.05. The predicted molar refractivity (Wildman–Crippen MR) is 88.5 cm³/mol. The summed E-state index contributed by atoms with van der Waals surface area (Å²) >= 11 is 0. The lowest BCUT2D eigenvalue weighted by Crippen LogP contribution is -2.44. The molecule has 0 aromatic heterocycles. The zero-order valence-corrected chi connectivity index (χ0v) is 14.5. The Morgan fingerprint density at radius 3 is 1.89 bits per heavy atom. The third-order valence-corrected chi connectivity index (χ3v) is 4.41. The van der Waals surface area contributed by atoms with Gasteiger partial charge in [-0.15, -0.1) is 0 Å². The first-order valence-electron chi connectivity index (χ1n) is 8.87. The van der Waals surface area contributed by atoms with Gasteiger partial charge in [0, 0.05) is 5.92 Å². The maximum atomic E-state index is 2.43. The Balaban J connectivity index is 3.75. The third-order valence-electron chi connectivity index (χ3n) is 4.41. The van der Waals surface area contributed by atoms with Crippen LogP contribution in [0.25, 0.3) is 0 Å². The fraction of sp³-hybridized carbons (Fsp3) is 1.00. The topological polar surface area (TPSA) is 0 Å². The van der Waals surface area contributed by atoms with E-state index in [9.17, 15) is 0 Å². The van der Waals surface area contributed by atoms with Crippen molar-refractivity contribution in [3.63, 3.8) is 0 Å². The van der Waals surface area contributed by atoms with E-state index in [1.165, 1.54) is 81.8 Å². The van der Waals surface area contributed by atoms with Gasteiger partial charge in [-0.2, -0.15) is 0 Å². The molecular formula is C18H40N+. The SMILES string of the molecule is CCCCCCCC[N+](C)(C)CC(CC)CCCC. The molecule has 116 valence electrons. The van der Waals surface area contributed by atoms with Gasteiger partial charge in [-0.1, -0.05) is 59.3 Å². The average molecular weight is 271 g/mol. The van der Waals surface area contributed by atoms with Gasteiger partial charge in [0.05, 0.1) is 27.2 Å². The highest BCUT2D eigenvalue weighted by Crippen LogP contribution is 2.17. The van der Waals surface area contributed by atoms with Crippen LogP contribution in [0.1, 0.15) is 85.0 Å². The molecule has 0 saturated heterocycles. The van der Waals surface area contributed by atoms with E-state index in [2.05, 4.69) is 34.9 Å². The molecule has 19 heavy (non-hydrogen) atoms. The molecule has 0 rings (SSSR count). The summed E-state index contributed by atoms with van der Waals surface area (Å²) in [4.78, 5) is 0. The van der Waals surface area contributed by atoms with Crippen molar-refractivity contribution >= 4 is 0 Å². The van der Waals surface area contributed by atoms with E-state index in [1.807, 2.05) is 0 Å². The molecule has 0 aliphatic heterocycles. The Morgan fingerprint density at radius 1 is 0.737 bits per heavy atom. The Morgan fingerprint density at radius 2 is 1.32 bits per heavy atom. The van der Waals surface area contributed by atoms with Crippen molar-refractivity contribution in [1.82, 2.24) is 0 Å². The molecule has 0 N–H and O–H groups in total. The number of nitrogens with zero attached hydrogens (tertiary/aromatic N) is 1. The van der Waals surface area contributed by atoms with Gasteiger partial charge in [0.25, 0.3) is 0 Å². The van der Waals surface area contributed by atoms with Crippen molar-refractivity contribution in [3.05, 3.63) is 0 Å². The summed E-state index contributed by atoms with van der Waals surface area (Å²) in [7, 11) is 4.86. The van der Waals surface area contributed by atoms with Crippen molar-refractivity contribution in [2.24, 2.45) is 5.92 Å². The van der Waals surface area contributed by atoms with Gasteiger partial charge in [-0.3, -0.25) is 0 Å². The van der Waals surface area contributed by atoms with Gasteiger partial charge in [-0.25, -0.2) is 0 Å². The molecule has 0 aromatic rings. The van der Waals surface area contributed by atoms with Crippen LogP contribution in [0.15, 0.2) is 0 Å². The molecule has 0 aliphatic carbocycles. The number of rotatable bonds is 13. The van der Waals surface area contributed by atoms with E-state index in [0.717, 1.165) is 5.92 Å². The quantitative estimate of drug-likeness (QED) is 0.300. The molecule has 0 bridgehead atoms. The number of quaternary nitrogens is 1. The standard InChI is InChI=1S/C18H40N/c1-6-9-11-12-13-14-16-19(4,5)17-18(8-3)15-10-7-2/h18H,6-17H2,1-5H3/q+1. The molecule has 0 radical (unpaired) electrons. The lowest BCUT2D eigenvalue weighted by atomic mass is 9.98. The minimum atomic E-state index is 0.940. The Hall–Kier alpha value is -0.0400. The zero-order chi connectivity index (χ0) is 14.6. The van der Waals surface area contributed by atoms with E-state index in [4.69, 9.17) is 0 Å². The summed E-state index contributed by atoms with van der Waals surface area (Å²) in [5.41, 5.74) is 0. The average Bonchev–Trinajstić information content (AvgIpc) is 2.38. The normalized spacial score (nSPS) is 13.7. The summed E-state index contributed by atoms with van der Waals surface area (Å²) in [5, 5.41) is 0. The maximum absolute atomic E-state index is 2.43. The van der Waals surface area contributed by atoms with Crippen molar-refractivity contribution in [2.45, 2.75) is 85.0 Å². The predicted octanol–water partition coefficient (Wildman–Crippen LogP) is 5.64. The summed E-state index contributed by atoms with van der Waals surface area (Å²) in [6.07, 6.45) is 14.1. The minimum absolute atomic E-state index is 0.940. The van der Waals surface area contributed by atoms with E-state index >= 15 is 0 Å². The van der Waals surface area contributed by atoms with Crippen LogP contribution in [0.3, 0.4) is 0 Å². The monoisotopic (exact) mass is 270 g/mol. The summed E-state index contributed by atoms with van der Waals surface area (Å²) < 4.78 is 1.23. The summed E-state index contributed by atoms with van der Waals surface area (Å²) in [5.74, 6) is 0.940. The molecule has 0 aliphatic rings. The lowest BCUT2D eigenvalue weighted by Gasteiger charge is -2.33. The molecule has 0 aromatic carbocycles. The van der Waals surface area contributed by atoms with Crippen molar-refractivity contribution < 1.29 is 4.48 Å². The van der Waals surface area contributed by atoms with Crippen LogP contribution in [-0.4, -0.2) is 31.7 Å². The van der Waals surface area contributed by atoms with Crippen molar-refractivity contribution in [2.75, 3.05) is 27.2 Å². The van der Waals surface area contributed by atoms with Gasteiger partial charge in [0.15, 0.2) is 0 Å². The fourth-order valence-corrected chi connectivity index (χ4v) is 3.03. The van der Waals surface area contributed by atoms with Crippen LogP contribution < -0.4 is 0 Å². The van der Waals surface area contributed by atoms with Crippen LogP contribution in [-0.2, 0) is 0 Å². The molecule has 1 unspecified atom stereocenters. The van der Waals surface area contributed by atoms with Gasteiger partial charge < -0.3 is 4.48 Å². The first kappa shape index (κ1) is 19.0.